The van der Waals surface area contributed by atoms with Crippen molar-refractivity contribution in [2.24, 2.45) is 0 Å². The second-order valence-electron chi connectivity index (χ2n) is 1.59. The second kappa shape index (κ2) is 8.17. The van der Waals surface area contributed by atoms with Crippen molar-refractivity contribution < 1.29 is 24.4 Å². The van der Waals surface area contributed by atoms with Gasteiger partial charge in [-0.3, -0.25) is 0 Å². The van der Waals surface area contributed by atoms with Gasteiger partial charge in [0.05, 0.1) is 0 Å². The Hall–Kier alpha value is 1.07. The van der Waals surface area contributed by atoms with Crippen LogP contribution < -0.4 is 0 Å². The Morgan fingerprint density at radius 1 is 1.30 bits per heavy atom. The maximum atomic E-state index is 8.88. The summed E-state index contributed by atoms with van der Waals surface area (Å²) < 4.78 is 10.1. The molecule has 0 aromatic heterocycles. The molecule has 10 heavy (non-hydrogen) atoms. The molecule has 0 heterocycles. The van der Waals surface area contributed by atoms with Crippen molar-refractivity contribution in [1.82, 2.24) is 0 Å². The number of hydrogen-bond donors (Lipinski definition) is 4. The number of aliphatic hydroxyl groups is 1. The first kappa shape index (κ1) is 13.6. The van der Waals surface area contributed by atoms with E-state index in [0.717, 1.165) is 6.42 Å². The predicted molar refractivity (Wildman–Crippen MR) is 36.5 cm³/mol. The van der Waals surface area contributed by atoms with Crippen molar-refractivity contribution in [3.8, 4) is 0 Å². The zero-order chi connectivity index (χ0) is 8.62. The number of phosphoric acid groups is 1. The van der Waals surface area contributed by atoms with Crippen LogP contribution in [0.2, 0.25) is 3.67 Å². The Kier molecular flexibility index (Phi) is 11.1. The molecule has 0 spiro atoms. The molecular weight excluding hydrogens is 170 g/mol. The van der Waals surface area contributed by atoms with E-state index in [1.54, 1.807) is 0 Å². The van der Waals surface area contributed by atoms with Crippen LogP contribution >= 0.6 is 7.82 Å². The van der Waals surface area contributed by atoms with Gasteiger partial charge < -0.3 is 14.7 Å². The SMILES string of the molecule is O=P(O)(O)O.OCC[CH2][Na]. The summed E-state index contributed by atoms with van der Waals surface area (Å²) in [6.45, 7) is 0.378. The summed E-state index contributed by atoms with van der Waals surface area (Å²) >= 11 is 1.24. The van der Waals surface area contributed by atoms with E-state index in [9.17, 15) is 0 Å². The predicted octanol–water partition coefficient (Wildman–Crippen LogP) is -0.973. The van der Waals surface area contributed by atoms with Crippen molar-refractivity contribution in [3.05, 3.63) is 0 Å². The van der Waals surface area contributed by atoms with Gasteiger partial charge in [0.25, 0.3) is 0 Å². The van der Waals surface area contributed by atoms with Gasteiger partial charge >= 0.3 is 57.6 Å². The molecule has 7 heteroatoms. The van der Waals surface area contributed by atoms with E-state index in [1.807, 2.05) is 0 Å². The quantitative estimate of drug-likeness (QED) is 0.323. The Morgan fingerprint density at radius 3 is 1.60 bits per heavy atom. The zero-order valence-electron chi connectivity index (χ0n) is 5.77. The molecule has 0 unspecified atom stereocenters. The van der Waals surface area contributed by atoms with Gasteiger partial charge in [-0.25, -0.2) is 4.57 Å². The van der Waals surface area contributed by atoms with Crippen molar-refractivity contribution >= 4 is 35.8 Å². The molecule has 0 aliphatic rings. The zero-order valence-corrected chi connectivity index (χ0v) is 8.66. The summed E-state index contributed by atoms with van der Waals surface area (Å²) in [6, 6.07) is 0. The van der Waals surface area contributed by atoms with E-state index in [2.05, 4.69) is 0 Å². The number of aliphatic hydroxyl groups excluding tert-OH is 1. The van der Waals surface area contributed by atoms with Gasteiger partial charge in [0.1, 0.15) is 0 Å². The van der Waals surface area contributed by atoms with E-state index >= 15 is 0 Å². The topological polar surface area (TPSA) is 98.0 Å². The van der Waals surface area contributed by atoms with Crippen LogP contribution in [0, 0.1) is 0 Å². The fourth-order valence-corrected chi connectivity index (χ4v) is 0.474. The molecule has 58 valence electrons. The van der Waals surface area contributed by atoms with Crippen LogP contribution in [0.4, 0.5) is 0 Å². The Balaban J connectivity index is 0. The van der Waals surface area contributed by atoms with Gasteiger partial charge in [0, 0.05) is 0 Å². The summed E-state index contributed by atoms with van der Waals surface area (Å²) in [7, 11) is -4.64. The van der Waals surface area contributed by atoms with Crippen molar-refractivity contribution in [2.75, 3.05) is 6.61 Å². The van der Waals surface area contributed by atoms with Crippen molar-refractivity contribution in [1.29, 1.82) is 0 Å². The molecule has 5 nitrogen and oxygen atoms in total. The minimum atomic E-state index is -4.64. The average Bonchev–Trinajstić information content (AvgIpc) is 1.63. The molecule has 0 aromatic rings. The number of rotatable bonds is 2. The van der Waals surface area contributed by atoms with Crippen LogP contribution in [-0.4, -0.2) is 54.3 Å². The van der Waals surface area contributed by atoms with Gasteiger partial charge in [-0.1, -0.05) is 0 Å². The van der Waals surface area contributed by atoms with Crippen molar-refractivity contribution in [2.45, 2.75) is 10.1 Å². The standard InChI is InChI=1S/C3H7O.Na.H3O4P/c1-2-3-4;;1-5(2,3)4/h4H,1-3H2;;(H3,1,2,3,4). The maximum absolute atomic E-state index is 8.88. The summed E-state index contributed by atoms with van der Waals surface area (Å²) in [4.78, 5) is 21.6. The van der Waals surface area contributed by atoms with E-state index < -0.39 is 7.82 Å². The first-order valence-electron chi connectivity index (χ1n) is 2.81. The summed E-state index contributed by atoms with van der Waals surface area (Å²) in [5.41, 5.74) is 0. The average molecular weight is 180 g/mol. The second-order valence-corrected chi connectivity index (χ2v) is 3.62. The summed E-state index contributed by atoms with van der Waals surface area (Å²) in [6.07, 6.45) is 1.01. The Bertz CT molecular complexity index is 90.8. The van der Waals surface area contributed by atoms with Crippen molar-refractivity contribution in [3.63, 3.8) is 0 Å². The van der Waals surface area contributed by atoms with Gasteiger partial charge in [0.2, 0.25) is 0 Å². The molecule has 0 bridgehead atoms. The van der Waals surface area contributed by atoms with Gasteiger partial charge in [-0.15, -0.1) is 0 Å². The molecule has 0 aliphatic heterocycles. The van der Waals surface area contributed by atoms with Crippen LogP contribution in [-0.2, 0) is 4.57 Å². The fourth-order valence-electron chi connectivity index (χ4n) is 0.158. The van der Waals surface area contributed by atoms with Gasteiger partial charge in [-0.05, 0) is 0 Å². The third kappa shape index (κ3) is 62.7. The minimum absolute atomic E-state index is 0.378. The molecular formula is C3H10NaO5P. The molecule has 0 saturated heterocycles. The van der Waals surface area contributed by atoms with Crippen LogP contribution in [0.25, 0.3) is 0 Å². The first-order chi connectivity index (χ1) is 4.41. The molecule has 0 atom stereocenters. The summed E-state index contributed by atoms with van der Waals surface area (Å²) in [5.74, 6) is 0. The molecule has 0 aliphatic carbocycles. The van der Waals surface area contributed by atoms with E-state index in [4.69, 9.17) is 24.4 Å². The monoisotopic (exact) mass is 180 g/mol. The Morgan fingerprint density at radius 2 is 1.60 bits per heavy atom. The van der Waals surface area contributed by atoms with E-state index in [0.29, 0.717) is 6.61 Å². The van der Waals surface area contributed by atoms with Gasteiger partial charge in [0.15, 0.2) is 0 Å². The molecule has 4 N–H and O–H groups in total. The fraction of sp³-hybridized carbons (Fsp3) is 1.00. The van der Waals surface area contributed by atoms with E-state index in [1.165, 1.54) is 31.6 Å². The van der Waals surface area contributed by atoms with Crippen LogP contribution in [0.3, 0.4) is 0 Å². The molecule has 0 saturated carbocycles. The molecule has 0 aromatic carbocycles. The third-order valence-electron chi connectivity index (χ3n) is 0.512. The first-order valence-corrected chi connectivity index (χ1v) is 5.79. The molecule has 0 rings (SSSR count). The molecule has 0 fully saturated rings. The Labute approximate surface area is 76.7 Å². The number of hydrogen-bond acceptors (Lipinski definition) is 2. The summed E-state index contributed by atoms with van der Waals surface area (Å²) in [5, 5.41) is 8.09. The third-order valence-corrected chi connectivity index (χ3v) is 1.22. The molecule has 0 amide bonds. The normalized spacial score (nSPS) is 10.2. The van der Waals surface area contributed by atoms with Crippen LogP contribution in [0.5, 0.6) is 0 Å². The van der Waals surface area contributed by atoms with Gasteiger partial charge in [-0.2, -0.15) is 0 Å². The van der Waals surface area contributed by atoms with Crippen LogP contribution in [0.15, 0.2) is 0 Å². The van der Waals surface area contributed by atoms with Crippen LogP contribution in [0.1, 0.15) is 6.42 Å². The van der Waals surface area contributed by atoms with E-state index in [-0.39, 0.29) is 0 Å². The molecule has 0 radical (unpaired) electrons.